The smallest absolute Gasteiger partial charge is 0.291 e. The minimum Gasteiger partial charge on any atom is -0.342 e. The number of benzene rings is 3. The lowest BCUT2D eigenvalue weighted by Gasteiger charge is -2.18. The largest absolute Gasteiger partial charge is 0.342 e. The van der Waals surface area contributed by atoms with E-state index in [-0.39, 0.29) is 17.8 Å². The Labute approximate surface area is 176 Å². The maximum Gasteiger partial charge on any atom is 0.291 e. The normalized spacial score (nSPS) is 11.8. The number of aromatic nitrogens is 3. The van der Waals surface area contributed by atoms with Crippen LogP contribution in [0.25, 0.3) is 5.69 Å². The molecule has 0 spiro atoms. The van der Waals surface area contributed by atoms with Crippen molar-refractivity contribution in [3.63, 3.8) is 0 Å². The predicted octanol–water partition coefficient (Wildman–Crippen LogP) is 4.60. The van der Waals surface area contributed by atoms with E-state index in [9.17, 15) is 4.79 Å². The maximum absolute atomic E-state index is 13.1. The van der Waals surface area contributed by atoms with Crippen LogP contribution in [0.5, 0.6) is 0 Å². The van der Waals surface area contributed by atoms with Crippen LogP contribution in [0, 0.1) is 13.8 Å². The molecule has 0 aliphatic heterocycles. The summed E-state index contributed by atoms with van der Waals surface area (Å²) in [4.78, 5) is 17.5. The van der Waals surface area contributed by atoms with Crippen molar-refractivity contribution in [1.82, 2.24) is 20.1 Å². The lowest BCUT2D eigenvalue weighted by Crippen LogP contribution is -2.31. The molecule has 1 heterocycles. The van der Waals surface area contributed by atoms with E-state index in [0.717, 1.165) is 22.4 Å². The third-order valence-corrected chi connectivity index (χ3v) is 5.11. The minimum atomic E-state index is -0.282. The summed E-state index contributed by atoms with van der Waals surface area (Å²) in [6.07, 6.45) is 0.689. The summed E-state index contributed by atoms with van der Waals surface area (Å²) in [5.41, 5.74) is 4.19. The summed E-state index contributed by atoms with van der Waals surface area (Å²) < 4.78 is 1.72. The third kappa shape index (κ3) is 4.30. The van der Waals surface area contributed by atoms with Crippen LogP contribution in [0.15, 0.2) is 84.9 Å². The summed E-state index contributed by atoms with van der Waals surface area (Å²) >= 11 is 0. The molecule has 1 aromatic heterocycles. The highest BCUT2D eigenvalue weighted by molar-refractivity contribution is 5.90. The molecule has 1 N–H and O–H groups in total. The fourth-order valence-corrected chi connectivity index (χ4v) is 3.53. The number of para-hydroxylation sites is 1. The number of carbonyl (C=O) groups excluding carboxylic acids is 1. The molecule has 3 aromatic carbocycles. The number of hydrogen-bond acceptors (Lipinski definition) is 3. The van der Waals surface area contributed by atoms with Crippen LogP contribution in [0.2, 0.25) is 0 Å². The first-order valence-electron chi connectivity index (χ1n) is 10.0. The number of nitrogens with zero attached hydrogens (tertiary/aromatic N) is 3. The van der Waals surface area contributed by atoms with Crippen LogP contribution in [-0.2, 0) is 6.42 Å². The molecule has 1 atom stereocenters. The van der Waals surface area contributed by atoms with Gasteiger partial charge in [-0.1, -0.05) is 78.9 Å². The van der Waals surface area contributed by atoms with Crippen molar-refractivity contribution in [2.24, 2.45) is 0 Å². The number of amides is 1. The Morgan fingerprint density at radius 2 is 1.53 bits per heavy atom. The summed E-state index contributed by atoms with van der Waals surface area (Å²) in [5, 5.41) is 7.62. The van der Waals surface area contributed by atoms with Gasteiger partial charge in [-0.15, -0.1) is 5.10 Å². The van der Waals surface area contributed by atoms with Gasteiger partial charge >= 0.3 is 0 Å². The number of aryl methyl sites for hydroxylation is 2. The van der Waals surface area contributed by atoms with Gasteiger partial charge in [-0.3, -0.25) is 4.79 Å². The van der Waals surface area contributed by atoms with Gasteiger partial charge in [-0.05, 0) is 43.0 Å². The van der Waals surface area contributed by atoms with E-state index in [4.69, 9.17) is 0 Å². The number of hydrogen-bond donors (Lipinski definition) is 1. The van der Waals surface area contributed by atoms with Crippen LogP contribution in [0.3, 0.4) is 0 Å². The molecule has 0 radical (unpaired) electrons. The lowest BCUT2D eigenvalue weighted by atomic mass is 9.99. The average Bonchev–Trinajstić information content (AvgIpc) is 3.16. The second-order valence-electron chi connectivity index (χ2n) is 7.31. The molecule has 1 amide bonds. The average molecular weight is 396 g/mol. The van der Waals surface area contributed by atoms with E-state index in [1.165, 1.54) is 0 Å². The zero-order valence-electron chi connectivity index (χ0n) is 17.1. The Morgan fingerprint density at radius 3 is 2.23 bits per heavy atom. The molecule has 0 saturated heterocycles. The van der Waals surface area contributed by atoms with Gasteiger partial charge in [0.15, 0.2) is 0 Å². The predicted molar refractivity (Wildman–Crippen MR) is 118 cm³/mol. The van der Waals surface area contributed by atoms with Crippen molar-refractivity contribution in [1.29, 1.82) is 0 Å². The topological polar surface area (TPSA) is 59.8 Å². The maximum atomic E-state index is 13.1. The molecule has 0 bridgehead atoms. The molecule has 0 unspecified atom stereocenters. The van der Waals surface area contributed by atoms with Gasteiger partial charge in [0.2, 0.25) is 5.82 Å². The van der Waals surface area contributed by atoms with Gasteiger partial charge in [0.05, 0.1) is 11.7 Å². The lowest BCUT2D eigenvalue weighted by molar-refractivity contribution is 0.0926. The van der Waals surface area contributed by atoms with E-state index in [1.807, 2.05) is 86.6 Å². The van der Waals surface area contributed by atoms with Gasteiger partial charge in [0.25, 0.3) is 5.91 Å². The van der Waals surface area contributed by atoms with E-state index >= 15 is 0 Å². The molecule has 0 fully saturated rings. The fourth-order valence-electron chi connectivity index (χ4n) is 3.53. The van der Waals surface area contributed by atoms with Crippen LogP contribution < -0.4 is 5.32 Å². The standard InChI is InChI=1S/C25H24N4O/c1-18-11-9-10-16-23(18)29-19(2)26-24(28-29)25(30)27-22(21-14-7-4-8-15-21)17-20-12-5-3-6-13-20/h3-16,22H,17H2,1-2H3,(H,27,30)/t22-/m1/s1. The second kappa shape index (κ2) is 8.74. The van der Waals surface area contributed by atoms with Crippen molar-refractivity contribution in [3.8, 4) is 5.69 Å². The molecule has 0 aliphatic carbocycles. The van der Waals surface area contributed by atoms with Crippen LogP contribution >= 0.6 is 0 Å². The Kier molecular flexibility index (Phi) is 5.70. The van der Waals surface area contributed by atoms with E-state index in [1.54, 1.807) is 4.68 Å². The molecule has 30 heavy (non-hydrogen) atoms. The van der Waals surface area contributed by atoms with Crippen molar-refractivity contribution < 1.29 is 4.79 Å². The monoisotopic (exact) mass is 396 g/mol. The zero-order valence-corrected chi connectivity index (χ0v) is 17.1. The van der Waals surface area contributed by atoms with Gasteiger partial charge in [0, 0.05) is 0 Å². The van der Waals surface area contributed by atoms with Crippen molar-refractivity contribution in [2.45, 2.75) is 26.3 Å². The Morgan fingerprint density at radius 1 is 0.900 bits per heavy atom. The van der Waals surface area contributed by atoms with Crippen molar-refractivity contribution in [2.75, 3.05) is 0 Å². The summed E-state index contributed by atoms with van der Waals surface area (Å²) in [6, 6.07) is 27.9. The molecule has 5 nitrogen and oxygen atoms in total. The summed E-state index contributed by atoms with van der Waals surface area (Å²) in [5.74, 6) is 0.564. The molecule has 5 heteroatoms. The van der Waals surface area contributed by atoms with E-state index < -0.39 is 0 Å². The van der Waals surface area contributed by atoms with Gasteiger partial charge in [0.1, 0.15) is 5.82 Å². The first kappa shape index (κ1) is 19.6. The van der Waals surface area contributed by atoms with Crippen LogP contribution in [-0.4, -0.2) is 20.7 Å². The van der Waals surface area contributed by atoms with Crippen molar-refractivity contribution >= 4 is 5.91 Å². The highest BCUT2D eigenvalue weighted by Crippen LogP contribution is 2.19. The van der Waals surface area contributed by atoms with Crippen LogP contribution in [0.1, 0.15) is 39.2 Å². The van der Waals surface area contributed by atoms with Crippen molar-refractivity contribution in [3.05, 3.63) is 113 Å². The minimum absolute atomic E-state index is 0.171. The molecule has 150 valence electrons. The number of rotatable bonds is 6. The van der Waals surface area contributed by atoms with Gasteiger partial charge in [-0.2, -0.15) is 0 Å². The van der Waals surface area contributed by atoms with E-state index in [0.29, 0.717) is 12.2 Å². The highest BCUT2D eigenvalue weighted by atomic mass is 16.2. The molecule has 4 aromatic rings. The highest BCUT2D eigenvalue weighted by Gasteiger charge is 2.21. The first-order valence-corrected chi connectivity index (χ1v) is 10.0. The fraction of sp³-hybridized carbons (Fsp3) is 0.160. The van der Waals surface area contributed by atoms with Crippen LogP contribution in [0.4, 0.5) is 0 Å². The molecule has 4 rings (SSSR count). The summed E-state index contributed by atoms with van der Waals surface area (Å²) in [7, 11) is 0. The Hall–Kier alpha value is -3.73. The quantitative estimate of drug-likeness (QED) is 0.518. The van der Waals surface area contributed by atoms with Gasteiger partial charge < -0.3 is 5.32 Å². The molecule has 0 aliphatic rings. The van der Waals surface area contributed by atoms with E-state index in [2.05, 4.69) is 27.5 Å². The summed E-state index contributed by atoms with van der Waals surface area (Å²) in [6.45, 7) is 3.87. The molecule has 0 saturated carbocycles. The second-order valence-corrected chi connectivity index (χ2v) is 7.31. The zero-order chi connectivity index (χ0) is 20.9. The third-order valence-electron chi connectivity index (χ3n) is 5.11. The Balaban J connectivity index is 1.60. The molecular formula is C25H24N4O. The number of nitrogens with one attached hydrogen (secondary N) is 1. The molecular weight excluding hydrogens is 372 g/mol. The van der Waals surface area contributed by atoms with Gasteiger partial charge in [-0.25, -0.2) is 9.67 Å². The first-order chi connectivity index (χ1) is 14.6. The number of carbonyl (C=O) groups is 1. The SMILES string of the molecule is Cc1ccccc1-n1nc(C(=O)N[C@H](Cc2ccccc2)c2ccccc2)nc1C. The Bertz CT molecular complexity index is 1140.